The van der Waals surface area contributed by atoms with Gasteiger partial charge in [-0.1, -0.05) is 19.1 Å². The van der Waals surface area contributed by atoms with Gasteiger partial charge in [0.05, 0.1) is 7.11 Å². The lowest BCUT2D eigenvalue weighted by molar-refractivity contribution is 0.265. The monoisotopic (exact) mass is 332 g/mol. The zero-order chi connectivity index (χ0) is 17.5. The predicted octanol–water partition coefficient (Wildman–Crippen LogP) is 2.13. The molecule has 1 aromatic rings. The molecule has 0 aliphatic carbocycles. The van der Waals surface area contributed by atoms with E-state index in [9.17, 15) is 0 Å². The molecule has 0 aromatic heterocycles. The molecule has 5 heteroatoms. The van der Waals surface area contributed by atoms with Gasteiger partial charge in [-0.05, 0) is 43.9 Å². The highest BCUT2D eigenvalue weighted by Crippen LogP contribution is 2.18. The van der Waals surface area contributed by atoms with Gasteiger partial charge in [-0.15, -0.1) is 0 Å². The fourth-order valence-electron chi connectivity index (χ4n) is 3.14. The quantitative estimate of drug-likeness (QED) is 0.619. The molecule has 0 radical (unpaired) electrons. The van der Waals surface area contributed by atoms with Crippen molar-refractivity contribution in [1.29, 1.82) is 0 Å². The Kier molecular flexibility index (Phi) is 6.91. The number of nitrogens with one attached hydrogen (secondary N) is 2. The fraction of sp³-hybridized carbons (Fsp3) is 0.632. The Labute approximate surface area is 146 Å². The van der Waals surface area contributed by atoms with Gasteiger partial charge in [0.25, 0.3) is 0 Å². The minimum Gasteiger partial charge on any atom is -0.497 e. The number of benzene rings is 1. The molecular formula is C19H32N4O. The Balaban J connectivity index is 1.80. The third-order valence-corrected chi connectivity index (χ3v) is 4.76. The molecule has 1 fully saturated rings. The van der Waals surface area contributed by atoms with Crippen molar-refractivity contribution in [2.24, 2.45) is 10.9 Å². The van der Waals surface area contributed by atoms with E-state index in [-0.39, 0.29) is 0 Å². The van der Waals surface area contributed by atoms with E-state index in [0.29, 0.717) is 18.0 Å². The zero-order valence-corrected chi connectivity index (χ0v) is 15.7. The molecule has 2 atom stereocenters. The summed E-state index contributed by atoms with van der Waals surface area (Å²) in [5.41, 5.74) is 1.26. The average Bonchev–Trinajstić information content (AvgIpc) is 2.95. The van der Waals surface area contributed by atoms with Crippen LogP contribution in [0.4, 0.5) is 0 Å². The summed E-state index contributed by atoms with van der Waals surface area (Å²) in [7, 11) is 3.53. The fourth-order valence-corrected chi connectivity index (χ4v) is 3.14. The molecule has 1 aromatic carbocycles. The second-order valence-electron chi connectivity index (χ2n) is 6.88. The Bertz CT molecular complexity index is 544. The molecular weight excluding hydrogens is 300 g/mol. The number of ether oxygens (including phenoxy) is 1. The van der Waals surface area contributed by atoms with Crippen molar-refractivity contribution in [2.45, 2.75) is 39.3 Å². The second kappa shape index (κ2) is 8.92. The number of likely N-dealkylation sites (tertiary alicyclic amines) is 1. The van der Waals surface area contributed by atoms with E-state index in [1.54, 1.807) is 7.11 Å². The first-order valence-electron chi connectivity index (χ1n) is 8.87. The molecule has 1 heterocycles. The molecule has 1 saturated heterocycles. The zero-order valence-electron chi connectivity index (χ0n) is 15.7. The summed E-state index contributed by atoms with van der Waals surface area (Å²) in [5, 5.41) is 7.01. The Hall–Kier alpha value is -1.75. The van der Waals surface area contributed by atoms with Crippen LogP contribution in [0.25, 0.3) is 0 Å². The van der Waals surface area contributed by atoms with Crippen LogP contribution in [-0.2, 0) is 6.42 Å². The van der Waals surface area contributed by atoms with Gasteiger partial charge < -0.3 is 15.4 Å². The van der Waals surface area contributed by atoms with E-state index in [0.717, 1.165) is 37.8 Å². The van der Waals surface area contributed by atoms with Gasteiger partial charge in [0.1, 0.15) is 5.75 Å². The topological polar surface area (TPSA) is 48.9 Å². The van der Waals surface area contributed by atoms with Gasteiger partial charge >= 0.3 is 0 Å². The Morgan fingerprint density at radius 2 is 2.17 bits per heavy atom. The van der Waals surface area contributed by atoms with E-state index < -0.39 is 0 Å². The maximum Gasteiger partial charge on any atom is 0.191 e. The average molecular weight is 332 g/mol. The Morgan fingerprint density at radius 1 is 1.38 bits per heavy atom. The van der Waals surface area contributed by atoms with E-state index in [1.165, 1.54) is 5.56 Å². The number of hydrogen-bond acceptors (Lipinski definition) is 3. The molecule has 1 aliphatic heterocycles. The molecule has 0 spiro atoms. The van der Waals surface area contributed by atoms with E-state index in [1.807, 2.05) is 19.2 Å². The molecule has 0 amide bonds. The van der Waals surface area contributed by atoms with Gasteiger partial charge in [0.2, 0.25) is 0 Å². The second-order valence-corrected chi connectivity index (χ2v) is 6.88. The van der Waals surface area contributed by atoms with Gasteiger partial charge in [-0.25, -0.2) is 0 Å². The highest BCUT2D eigenvalue weighted by molar-refractivity contribution is 5.80. The Morgan fingerprint density at radius 3 is 2.79 bits per heavy atom. The number of guanidine groups is 1. The van der Waals surface area contributed by atoms with Crippen LogP contribution in [0.15, 0.2) is 29.3 Å². The standard InChI is InChI=1S/C19H32N4O/c1-14(2)23-12-15(3)18(13-23)22-19(20-4)21-10-9-16-7-6-8-17(11-16)24-5/h6-8,11,14-15,18H,9-10,12-13H2,1-5H3,(H2,20,21,22). The van der Waals surface area contributed by atoms with Crippen LogP contribution in [0, 0.1) is 5.92 Å². The lowest BCUT2D eigenvalue weighted by Crippen LogP contribution is -2.47. The predicted molar refractivity (Wildman–Crippen MR) is 101 cm³/mol. The van der Waals surface area contributed by atoms with Crippen LogP contribution >= 0.6 is 0 Å². The van der Waals surface area contributed by atoms with Crippen molar-refractivity contribution < 1.29 is 4.74 Å². The van der Waals surface area contributed by atoms with Crippen LogP contribution in [0.3, 0.4) is 0 Å². The first kappa shape index (κ1) is 18.6. The van der Waals surface area contributed by atoms with E-state index >= 15 is 0 Å². The minimum absolute atomic E-state index is 0.454. The van der Waals surface area contributed by atoms with Crippen molar-refractivity contribution in [3.8, 4) is 5.75 Å². The first-order valence-corrected chi connectivity index (χ1v) is 8.87. The van der Waals surface area contributed by atoms with Crippen LogP contribution < -0.4 is 15.4 Å². The largest absolute Gasteiger partial charge is 0.497 e. The summed E-state index contributed by atoms with van der Waals surface area (Å²) < 4.78 is 5.27. The number of aliphatic imine (C=N–C) groups is 1. The number of rotatable bonds is 6. The summed E-state index contributed by atoms with van der Waals surface area (Å²) in [4.78, 5) is 6.89. The highest BCUT2D eigenvalue weighted by Gasteiger charge is 2.31. The summed E-state index contributed by atoms with van der Waals surface area (Å²) in [6.07, 6.45) is 0.941. The third kappa shape index (κ3) is 5.13. The maximum atomic E-state index is 5.27. The smallest absolute Gasteiger partial charge is 0.191 e. The summed E-state index contributed by atoms with van der Waals surface area (Å²) in [5.74, 6) is 2.42. The SMILES string of the molecule is CN=C(NCCc1cccc(OC)c1)NC1CN(C(C)C)CC1C. The maximum absolute atomic E-state index is 5.27. The molecule has 24 heavy (non-hydrogen) atoms. The van der Waals surface area contributed by atoms with Crippen molar-refractivity contribution >= 4 is 5.96 Å². The van der Waals surface area contributed by atoms with Gasteiger partial charge in [-0.2, -0.15) is 0 Å². The molecule has 5 nitrogen and oxygen atoms in total. The molecule has 134 valence electrons. The van der Waals surface area contributed by atoms with Crippen LogP contribution in [0.5, 0.6) is 5.75 Å². The van der Waals surface area contributed by atoms with Crippen LogP contribution in [0.1, 0.15) is 26.3 Å². The summed E-state index contributed by atoms with van der Waals surface area (Å²) in [6, 6.07) is 9.26. The van der Waals surface area contributed by atoms with Crippen molar-refractivity contribution in [1.82, 2.24) is 15.5 Å². The lowest BCUT2D eigenvalue weighted by Gasteiger charge is -2.22. The van der Waals surface area contributed by atoms with E-state index in [4.69, 9.17) is 4.74 Å². The minimum atomic E-state index is 0.454. The van der Waals surface area contributed by atoms with Crippen molar-refractivity contribution in [3.05, 3.63) is 29.8 Å². The van der Waals surface area contributed by atoms with Crippen LogP contribution in [0.2, 0.25) is 0 Å². The molecule has 2 N–H and O–H groups in total. The normalized spacial score (nSPS) is 22.0. The first-order chi connectivity index (χ1) is 11.5. The molecule has 0 bridgehead atoms. The molecule has 2 unspecified atom stereocenters. The molecule has 2 rings (SSSR count). The number of hydrogen-bond donors (Lipinski definition) is 2. The lowest BCUT2D eigenvalue weighted by atomic mass is 10.1. The van der Waals surface area contributed by atoms with Gasteiger partial charge in [0, 0.05) is 38.8 Å². The molecule has 0 saturated carbocycles. The van der Waals surface area contributed by atoms with Gasteiger partial charge in [-0.3, -0.25) is 9.89 Å². The van der Waals surface area contributed by atoms with Crippen LogP contribution in [-0.4, -0.2) is 56.7 Å². The van der Waals surface area contributed by atoms with E-state index in [2.05, 4.69) is 53.4 Å². The number of nitrogens with zero attached hydrogens (tertiary/aromatic N) is 2. The third-order valence-electron chi connectivity index (χ3n) is 4.76. The molecule has 1 aliphatic rings. The highest BCUT2D eigenvalue weighted by atomic mass is 16.5. The van der Waals surface area contributed by atoms with Crippen molar-refractivity contribution in [3.63, 3.8) is 0 Å². The summed E-state index contributed by atoms with van der Waals surface area (Å²) in [6.45, 7) is 9.91. The van der Waals surface area contributed by atoms with Gasteiger partial charge in [0.15, 0.2) is 5.96 Å². The van der Waals surface area contributed by atoms with Crippen molar-refractivity contribution in [2.75, 3.05) is 33.8 Å². The summed E-state index contributed by atoms with van der Waals surface area (Å²) >= 11 is 0. The number of methoxy groups -OCH3 is 1.